The van der Waals surface area contributed by atoms with E-state index in [9.17, 15) is 55.4 Å². The van der Waals surface area contributed by atoms with Crippen molar-refractivity contribution in [3.8, 4) is 11.5 Å². The third kappa shape index (κ3) is 3.63. The Bertz CT molecular complexity index is 1070. The summed E-state index contributed by atoms with van der Waals surface area (Å²) >= 11 is 0. The maximum atomic E-state index is 14.5. The Morgan fingerprint density at radius 3 is 1.06 bits per heavy atom. The lowest BCUT2D eigenvalue weighted by molar-refractivity contribution is -0.385. The summed E-state index contributed by atoms with van der Waals surface area (Å²) in [5.41, 5.74) is -1.25. The van der Waals surface area contributed by atoms with Gasteiger partial charge in [-0.05, 0) is 24.3 Å². The summed E-state index contributed by atoms with van der Waals surface area (Å²) in [6, 6.07) is 4.80. The molecule has 0 saturated heterocycles. The molecular formula is C18H8F8N2O6. The lowest BCUT2D eigenvalue weighted by Crippen LogP contribution is -2.68. The zero-order chi connectivity index (χ0) is 25.7. The van der Waals surface area contributed by atoms with Gasteiger partial charge in [-0.2, -0.15) is 35.1 Å². The van der Waals surface area contributed by atoms with Crippen LogP contribution in [0, 0.1) is 20.2 Å². The van der Waals surface area contributed by atoms with Crippen molar-refractivity contribution < 1.29 is 54.4 Å². The molecule has 2 aromatic rings. The summed E-state index contributed by atoms with van der Waals surface area (Å²) in [6.45, 7) is 0. The number of non-ortho nitro benzene ring substituents is 2. The first-order valence-corrected chi connectivity index (χ1v) is 8.65. The van der Waals surface area contributed by atoms with E-state index in [0.717, 1.165) is 0 Å². The highest BCUT2D eigenvalue weighted by atomic mass is 19.4. The van der Waals surface area contributed by atoms with Crippen LogP contribution in [0.15, 0.2) is 60.0 Å². The normalized spacial score (nSPS) is 19.9. The van der Waals surface area contributed by atoms with Gasteiger partial charge >= 0.3 is 23.7 Å². The molecule has 0 radical (unpaired) electrons. The molecule has 8 nitrogen and oxygen atoms in total. The summed E-state index contributed by atoms with van der Waals surface area (Å²) < 4.78 is 122. The number of benzene rings is 2. The molecular weight excluding hydrogens is 492 g/mol. The zero-order valence-electron chi connectivity index (χ0n) is 16.0. The fourth-order valence-electron chi connectivity index (χ4n) is 2.69. The van der Waals surface area contributed by atoms with Crippen LogP contribution in [-0.4, -0.2) is 33.5 Å². The highest BCUT2D eigenvalue weighted by Crippen LogP contribution is 2.61. The molecule has 0 aliphatic heterocycles. The molecule has 3 rings (SSSR count). The molecule has 182 valence electrons. The van der Waals surface area contributed by atoms with Crippen molar-refractivity contribution in [2.24, 2.45) is 0 Å². The van der Waals surface area contributed by atoms with Gasteiger partial charge in [0.15, 0.2) is 0 Å². The summed E-state index contributed by atoms with van der Waals surface area (Å²) in [6.07, 6.45) is 0. The first-order valence-electron chi connectivity index (χ1n) is 8.65. The van der Waals surface area contributed by atoms with Gasteiger partial charge in [-0.25, -0.2) is 0 Å². The molecule has 0 saturated carbocycles. The summed E-state index contributed by atoms with van der Waals surface area (Å²) in [4.78, 5) is 19.4. The van der Waals surface area contributed by atoms with Gasteiger partial charge in [0.05, 0.1) is 9.85 Å². The quantitative estimate of drug-likeness (QED) is 0.285. The smallest absolute Gasteiger partial charge is 0.386 e. The molecule has 0 spiro atoms. The Morgan fingerprint density at radius 1 is 0.559 bits per heavy atom. The summed E-state index contributed by atoms with van der Waals surface area (Å²) in [5, 5.41) is 21.3. The van der Waals surface area contributed by atoms with Crippen LogP contribution in [0.3, 0.4) is 0 Å². The second-order valence-electron chi connectivity index (χ2n) is 6.66. The van der Waals surface area contributed by atoms with Crippen molar-refractivity contribution in [3.63, 3.8) is 0 Å². The SMILES string of the molecule is O=[N+]([O-])c1ccc(OC2=C(Oc3ccc([N+](=O)[O-])cc3)C(F)(F)C(F)(F)C(F)(F)C2(F)F)cc1. The second-order valence-corrected chi connectivity index (χ2v) is 6.66. The Kier molecular flexibility index (Phi) is 5.66. The van der Waals surface area contributed by atoms with Gasteiger partial charge < -0.3 is 9.47 Å². The van der Waals surface area contributed by atoms with E-state index in [1.807, 2.05) is 0 Å². The topological polar surface area (TPSA) is 105 Å². The minimum absolute atomic E-state index is 0.563. The van der Waals surface area contributed by atoms with Crippen LogP contribution in [0.1, 0.15) is 0 Å². The molecule has 0 fully saturated rings. The van der Waals surface area contributed by atoms with Gasteiger partial charge in [0.25, 0.3) is 11.4 Å². The van der Waals surface area contributed by atoms with Crippen molar-refractivity contribution in [1.29, 1.82) is 0 Å². The third-order valence-corrected chi connectivity index (χ3v) is 4.49. The summed E-state index contributed by atoms with van der Waals surface area (Å²) in [5.74, 6) is -32.7. The number of ether oxygens (including phenoxy) is 2. The highest BCUT2D eigenvalue weighted by molar-refractivity contribution is 5.42. The van der Waals surface area contributed by atoms with Crippen molar-refractivity contribution in [3.05, 3.63) is 80.3 Å². The molecule has 0 amide bonds. The molecule has 0 N–H and O–H groups in total. The molecule has 2 aromatic carbocycles. The van der Waals surface area contributed by atoms with Gasteiger partial charge in [-0.1, -0.05) is 0 Å². The second kappa shape index (κ2) is 7.81. The number of nitrogens with zero attached hydrogens (tertiary/aromatic N) is 2. The average molecular weight is 500 g/mol. The molecule has 0 unspecified atom stereocenters. The molecule has 1 aliphatic carbocycles. The van der Waals surface area contributed by atoms with E-state index in [-0.39, 0.29) is 0 Å². The summed E-state index contributed by atoms with van der Waals surface area (Å²) in [7, 11) is 0. The Balaban J connectivity index is 2.19. The lowest BCUT2D eigenvalue weighted by atomic mass is 9.88. The number of hydrogen-bond acceptors (Lipinski definition) is 6. The van der Waals surface area contributed by atoms with Crippen molar-refractivity contribution in [1.82, 2.24) is 0 Å². The Morgan fingerprint density at radius 2 is 0.824 bits per heavy atom. The van der Waals surface area contributed by atoms with Gasteiger partial charge in [-0.3, -0.25) is 20.2 Å². The molecule has 34 heavy (non-hydrogen) atoms. The van der Waals surface area contributed by atoms with Crippen LogP contribution < -0.4 is 9.47 Å². The first-order chi connectivity index (χ1) is 15.5. The number of halogens is 8. The van der Waals surface area contributed by atoms with Crippen molar-refractivity contribution in [2.75, 3.05) is 0 Å². The predicted octanol–water partition coefficient (Wildman–Crippen LogP) is 5.73. The first kappa shape index (κ1) is 24.7. The predicted molar refractivity (Wildman–Crippen MR) is 94.3 cm³/mol. The minimum atomic E-state index is -6.66. The van der Waals surface area contributed by atoms with Gasteiger partial charge in [0, 0.05) is 24.3 Å². The Labute approximate surface area is 182 Å². The van der Waals surface area contributed by atoms with Gasteiger partial charge in [0.2, 0.25) is 11.5 Å². The zero-order valence-corrected chi connectivity index (χ0v) is 16.0. The monoisotopic (exact) mass is 500 g/mol. The average Bonchev–Trinajstić information content (AvgIpc) is 2.75. The van der Waals surface area contributed by atoms with Crippen LogP contribution in [0.2, 0.25) is 0 Å². The van der Waals surface area contributed by atoms with Crippen LogP contribution in [-0.2, 0) is 0 Å². The van der Waals surface area contributed by atoms with Gasteiger partial charge in [-0.15, -0.1) is 0 Å². The fourth-order valence-corrected chi connectivity index (χ4v) is 2.69. The number of rotatable bonds is 6. The molecule has 16 heteroatoms. The number of nitro groups is 2. The largest absolute Gasteiger partial charge is 0.451 e. The minimum Gasteiger partial charge on any atom is -0.451 e. The van der Waals surface area contributed by atoms with Crippen molar-refractivity contribution >= 4 is 11.4 Å². The van der Waals surface area contributed by atoms with E-state index in [4.69, 9.17) is 0 Å². The van der Waals surface area contributed by atoms with E-state index in [0.29, 0.717) is 48.5 Å². The van der Waals surface area contributed by atoms with Crippen LogP contribution in [0.4, 0.5) is 46.5 Å². The van der Waals surface area contributed by atoms with Gasteiger partial charge in [0.1, 0.15) is 11.5 Å². The lowest BCUT2D eigenvalue weighted by Gasteiger charge is -2.42. The van der Waals surface area contributed by atoms with E-state index in [1.54, 1.807) is 0 Å². The number of nitro benzene ring substituents is 2. The van der Waals surface area contributed by atoms with Crippen LogP contribution in [0.25, 0.3) is 0 Å². The molecule has 0 aromatic heterocycles. The molecule has 1 aliphatic rings. The van der Waals surface area contributed by atoms with E-state index < -0.39 is 67.9 Å². The molecule has 0 atom stereocenters. The number of allylic oxidation sites excluding steroid dienone is 2. The van der Waals surface area contributed by atoms with E-state index in [2.05, 4.69) is 9.47 Å². The molecule has 0 heterocycles. The standard InChI is InChI=1S/C18H8F8N2O6/c19-15(20)13(33-11-5-1-9(2-6-11)27(29)30)14(16(21,22)18(25,26)17(15,23)24)34-12-7-3-10(4-8-12)28(31)32/h1-8H. The third-order valence-electron chi connectivity index (χ3n) is 4.49. The van der Waals surface area contributed by atoms with E-state index in [1.165, 1.54) is 0 Å². The fraction of sp³-hybridized carbons (Fsp3) is 0.222. The maximum Gasteiger partial charge on any atom is 0.386 e. The Hall–Kier alpha value is -3.98. The van der Waals surface area contributed by atoms with Crippen molar-refractivity contribution in [2.45, 2.75) is 23.7 Å². The number of hydrogen-bond donors (Lipinski definition) is 0. The van der Waals surface area contributed by atoms with Crippen LogP contribution >= 0.6 is 0 Å². The van der Waals surface area contributed by atoms with Crippen LogP contribution in [0.5, 0.6) is 11.5 Å². The number of alkyl halides is 8. The van der Waals surface area contributed by atoms with E-state index >= 15 is 0 Å². The highest BCUT2D eigenvalue weighted by Gasteiger charge is 2.88. The molecule has 0 bridgehead atoms. The maximum absolute atomic E-state index is 14.5.